The highest BCUT2D eigenvalue weighted by Crippen LogP contribution is 2.34. The van der Waals surface area contributed by atoms with Gasteiger partial charge >= 0.3 is 12.2 Å². The summed E-state index contributed by atoms with van der Waals surface area (Å²) in [5.74, 6) is 0.0909. The van der Waals surface area contributed by atoms with Crippen LogP contribution in [0.2, 0.25) is 0 Å². The number of aliphatic hydroxyl groups excluding tert-OH is 1. The van der Waals surface area contributed by atoms with Gasteiger partial charge in [-0.05, 0) is 24.1 Å². The van der Waals surface area contributed by atoms with Gasteiger partial charge in [0, 0.05) is 13.1 Å². The van der Waals surface area contributed by atoms with Gasteiger partial charge in [0.05, 0.1) is 18.8 Å². The first kappa shape index (κ1) is 19.1. The molecule has 2 amide bonds. The molecule has 0 aromatic heterocycles. The SMILES string of the molecule is CCCC(O)CNC(=O)NCc1ccc(OC)cc1C(F)(F)F. The van der Waals surface area contributed by atoms with Crippen LogP contribution in [0.15, 0.2) is 18.2 Å². The maximum Gasteiger partial charge on any atom is 0.416 e. The molecular weight excluding hydrogens is 313 g/mol. The number of urea groups is 1. The average molecular weight is 334 g/mol. The van der Waals surface area contributed by atoms with Crippen molar-refractivity contribution < 1.29 is 27.8 Å². The van der Waals surface area contributed by atoms with Crippen molar-refractivity contribution in [3.63, 3.8) is 0 Å². The number of aliphatic hydroxyl groups is 1. The van der Waals surface area contributed by atoms with Gasteiger partial charge in [0.25, 0.3) is 0 Å². The Hall–Kier alpha value is -1.96. The molecule has 0 fully saturated rings. The molecule has 0 bridgehead atoms. The molecule has 0 saturated carbocycles. The zero-order valence-corrected chi connectivity index (χ0v) is 13.0. The Morgan fingerprint density at radius 3 is 2.61 bits per heavy atom. The number of halogens is 3. The molecule has 0 saturated heterocycles. The van der Waals surface area contributed by atoms with Gasteiger partial charge in [-0.2, -0.15) is 13.2 Å². The highest BCUT2D eigenvalue weighted by molar-refractivity contribution is 5.73. The molecule has 0 radical (unpaired) electrons. The van der Waals surface area contributed by atoms with E-state index in [9.17, 15) is 23.1 Å². The molecule has 8 heteroatoms. The number of alkyl halides is 3. The Morgan fingerprint density at radius 1 is 1.35 bits per heavy atom. The lowest BCUT2D eigenvalue weighted by Gasteiger charge is -2.15. The summed E-state index contributed by atoms with van der Waals surface area (Å²) >= 11 is 0. The fourth-order valence-electron chi connectivity index (χ4n) is 1.98. The van der Waals surface area contributed by atoms with E-state index in [2.05, 4.69) is 10.6 Å². The van der Waals surface area contributed by atoms with Crippen LogP contribution >= 0.6 is 0 Å². The van der Waals surface area contributed by atoms with Gasteiger partial charge in [0.15, 0.2) is 0 Å². The largest absolute Gasteiger partial charge is 0.497 e. The van der Waals surface area contributed by atoms with Crippen LogP contribution in [-0.4, -0.2) is 30.9 Å². The molecule has 5 nitrogen and oxygen atoms in total. The van der Waals surface area contributed by atoms with Crippen LogP contribution in [-0.2, 0) is 12.7 Å². The molecule has 3 N–H and O–H groups in total. The molecular formula is C15H21F3N2O3. The lowest BCUT2D eigenvalue weighted by Crippen LogP contribution is -2.39. The first-order valence-electron chi connectivity index (χ1n) is 7.21. The van der Waals surface area contributed by atoms with Crippen LogP contribution < -0.4 is 15.4 Å². The highest BCUT2D eigenvalue weighted by atomic mass is 19.4. The number of ether oxygens (including phenoxy) is 1. The maximum atomic E-state index is 13.0. The van der Waals surface area contributed by atoms with E-state index >= 15 is 0 Å². The second-order valence-electron chi connectivity index (χ2n) is 5.03. The number of amides is 2. The monoisotopic (exact) mass is 334 g/mol. The minimum atomic E-state index is -4.54. The number of benzene rings is 1. The predicted octanol–water partition coefficient (Wildman–Crippen LogP) is 2.67. The summed E-state index contributed by atoms with van der Waals surface area (Å²) in [6.07, 6.45) is -3.90. The summed E-state index contributed by atoms with van der Waals surface area (Å²) in [7, 11) is 1.28. The summed E-state index contributed by atoms with van der Waals surface area (Å²) in [6, 6.07) is 2.91. The normalized spacial score (nSPS) is 12.6. The van der Waals surface area contributed by atoms with Crippen LogP contribution in [0, 0.1) is 0 Å². The Morgan fingerprint density at radius 2 is 2.04 bits per heavy atom. The first-order valence-corrected chi connectivity index (χ1v) is 7.21. The van der Waals surface area contributed by atoms with Gasteiger partial charge in [-0.25, -0.2) is 4.79 Å². The second kappa shape index (κ2) is 8.61. The van der Waals surface area contributed by atoms with Crippen LogP contribution in [0.3, 0.4) is 0 Å². The second-order valence-corrected chi connectivity index (χ2v) is 5.03. The Labute approximate surface area is 132 Å². The third kappa shape index (κ3) is 6.35. The topological polar surface area (TPSA) is 70.6 Å². The fraction of sp³-hybridized carbons (Fsp3) is 0.533. The minimum Gasteiger partial charge on any atom is -0.497 e. The summed E-state index contributed by atoms with van der Waals surface area (Å²) in [4.78, 5) is 11.6. The van der Waals surface area contributed by atoms with Gasteiger partial charge in [0.1, 0.15) is 5.75 Å². The van der Waals surface area contributed by atoms with Crippen LogP contribution in [0.25, 0.3) is 0 Å². The quantitative estimate of drug-likeness (QED) is 0.718. The third-order valence-corrected chi connectivity index (χ3v) is 3.18. The molecule has 0 heterocycles. The lowest BCUT2D eigenvalue weighted by molar-refractivity contribution is -0.138. The van der Waals surface area contributed by atoms with Crippen molar-refractivity contribution in [3.05, 3.63) is 29.3 Å². The van der Waals surface area contributed by atoms with Crippen molar-refractivity contribution in [2.75, 3.05) is 13.7 Å². The van der Waals surface area contributed by atoms with Crippen molar-refractivity contribution in [2.45, 2.75) is 38.6 Å². The number of carbonyl (C=O) groups is 1. The van der Waals surface area contributed by atoms with Crippen molar-refractivity contribution >= 4 is 6.03 Å². The van der Waals surface area contributed by atoms with Gasteiger partial charge in [0.2, 0.25) is 0 Å². The van der Waals surface area contributed by atoms with Crippen molar-refractivity contribution in [2.24, 2.45) is 0 Å². The number of methoxy groups -OCH3 is 1. The van der Waals surface area contributed by atoms with Gasteiger partial charge in [-0.1, -0.05) is 19.4 Å². The number of hydrogen-bond donors (Lipinski definition) is 3. The van der Waals surface area contributed by atoms with Crippen LogP contribution in [0.1, 0.15) is 30.9 Å². The smallest absolute Gasteiger partial charge is 0.416 e. The summed E-state index contributed by atoms with van der Waals surface area (Å²) in [6.45, 7) is 1.66. The molecule has 0 aliphatic rings. The van der Waals surface area contributed by atoms with Gasteiger partial charge in [-0.3, -0.25) is 0 Å². The summed E-state index contributed by atoms with van der Waals surface area (Å²) < 4.78 is 43.8. The average Bonchev–Trinajstić information content (AvgIpc) is 2.50. The Bertz CT molecular complexity index is 521. The first-order chi connectivity index (χ1) is 10.8. The fourth-order valence-corrected chi connectivity index (χ4v) is 1.98. The Balaban J connectivity index is 2.65. The molecule has 0 aliphatic heterocycles. The van der Waals surface area contributed by atoms with Crippen LogP contribution in [0.5, 0.6) is 5.75 Å². The maximum absolute atomic E-state index is 13.0. The molecule has 1 rings (SSSR count). The van der Waals surface area contributed by atoms with Crippen molar-refractivity contribution in [1.82, 2.24) is 10.6 Å². The number of nitrogens with one attached hydrogen (secondary N) is 2. The zero-order valence-electron chi connectivity index (χ0n) is 13.0. The Kier molecular flexibility index (Phi) is 7.15. The molecule has 23 heavy (non-hydrogen) atoms. The van der Waals surface area contributed by atoms with Gasteiger partial charge < -0.3 is 20.5 Å². The van der Waals surface area contributed by atoms with E-state index < -0.39 is 23.9 Å². The minimum absolute atomic E-state index is 0.0500. The highest BCUT2D eigenvalue weighted by Gasteiger charge is 2.33. The standard InChI is InChI=1S/C15H21F3N2O3/c1-3-4-11(21)9-20-14(22)19-8-10-5-6-12(23-2)7-13(10)15(16,17)18/h5-7,11,21H,3-4,8-9H2,1-2H3,(H2,19,20,22). The molecule has 1 aromatic rings. The van der Waals surface area contributed by atoms with Crippen LogP contribution in [0.4, 0.5) is 18.0 Å². The molecule has 1 atom stereocenters. The van der Waals surface area contributed by atoms with E-state index in [0.29, 0.717) is 6.42 Å². The number of hydrogen-bond acceptors (Lipinski definition) is 3. The van der Waals surface area contributed by atoms with E-state index in [1.54, 1.807) is 0 Å². The molecule has 0 aliphatic carbocycles. The van der Waals surface area contributed by atoms with Crippen molar-refractivity contribution in [3.8, 4) is 5.75 Å². The molecule has 0 spiro atoms. The van der Waals surface area contributed by atoms with E-state index in [0.717, 1.165) is 12.5 Å². The number of carbonyl (C=O) groups excluding carboxylic acids is 1. The predicted molar refractivity (Wildman–Crippen MR) is 79.1 cm³/mol. The van der Waals surface area contributed by atoms with E-state index in [-0.39, 0.29) is 24.4 Å². The van der Waals surface area contributed by atoms with E-state index in [1.807, 2.05) is 6.92 Å². The van der Waals surface area contributed by atoms with E-state index in [4.69, 9.17) is 4.74 Å². The summed E-state index contributed by atoms with van der Waals surface area (Å²) in [5.41, 5.74) is -0.925. The van der Waals surface area contributed by atoms with Crippen molar-refractivity contribution in [1.29, 1.82) is 0 Å². The molecule has 1 unspecified atom stereocenters. The van der Waals surface area contributed by atoms with E-state index in [1.165, 1.54) is 19.2 Å². The van der Waals surface area contributed by atoms with Gasteiger partial charge in [-0.15, -0.1) is 0 Å². The number of rotatable bonds is 7. The summed E-state index contributed by atoms with van der Waals surface area (Å²) in [5, 5.41) is 14.2. The molecule has 130 valence electrons. The molecule has 1 aromatic carbocycles. The third-order valence-electron chi connectivity index (χ3n) is 3.18. The zero-order chi connectivity index (χ0) is 17.5. The lowest BCUT2D eigenvalue weighted by atomic mass is 10.1.